The van der Waals surface area contributed by atoms with Gasteiger partial charge in [0.25, 0.3) is 5.91 Å². The van der Waals surface area contributed by atoms with Crippen LogP contribution in [0.4, 0.5) is 11.5 Å². The lowest BCUT2D eigenvalue weighted by molar-refractivity contribution is -0.119. The summed E-state index contributed by atoms with van der Waals surface area (Å²) in [5.74, 6) is 0.683. The number of nitrogens with zero attached hydrogens (tertiary/aromatic N) is 2. The van der Waals surface area contributed by atoms with Crippen molar-refractivity contribution in [1.82, 2.24) is 10.2 Å². The number of carbonyl (C=O) groups excluding carboxylic acids is 1. The Labute approximate surface area is 172 Å². The average molecular weight is 405 g/mol. The van der Waals surface area contributed by atoms with Gasteiger partial charge in [0, 0.05) is 27.0 Å². The number of anilines is 2. The van der Waals surface area contributed by atoms with Crippen LogP contribution in [-0.2, 0) is 4.79 Å². The number of ether oxygens (including phenoxy) is 1. The third kappa shape index (κ3) is 4.28. The van der Waals surface area contributed by atoms with Crippen molar-refractivity contribution in [2.24, 2.45) is 5.73 Å². The average Bonchev–Trinajstić information content (AvgIpc) is 2.74. The molecule has 0 saturated carbocycles. The molecule has 7 heteroatoms. The molecule has 0 spiro atoms. The fraction of sp³-hybridized carbons (Fsp3) is 0.0455. The molecule has 0 atom stereocenters. The van der Waals surface area contributed by atoms with Crippen molar-refractivity contribution in [2.45, 2.75) is 0 Å². The Morgan fingerprint density at radius 3 is 2.31 bits per heavy atom. The minimum atomic E-state index is -0.519. The van der Waals surface area contributed by atoms with Crippen LogP contribution in [0.25, 0.3) is 22.0 Å². The van der Waals surface area contributed by atoms with E-state index >= 15 is 0 Å². The number of aromatic nitrogens is 2. The SMILES string of the molecule is NC(=O)COc1ccc(Nc2nnc(-c3ccc(Cl)cc3)c3ccccc23)cc1. The number of benzene rings is 3. The zero-order valence-corrected chi connectivity index (χ0v) is 16.1. The monoisotopic (exact) mass is 404 g/mol. The van der Waals surface area contributed by atoms with Crippen molar-refractivity contribution in [3.05, 3.63) is 77.8 Å². The summed E-state index contributed by atoms with van der Waals surface area (Å²) in [6, 6.07) is 22.6. The van der Waals surface area contributed by atoms with Gasteiger partial charge in [0.05, 0.1) is 0 Å². The van der Waals surface area contributed by atoms with E-state index in [2.05, 4.69) is 15.5 Å². The second-order valence-corrected chi connectivity index (χ2v) is 6.79. The highest BCUT2D eigenvalue weighted by Crippen LogP contribution is 2.31. The van der Waals surface area contributed by atoms with E-state index in [0.717, 1.165) is 27.7 Å². The molecule has 0 saturated heterocycles. The lowest BCUT2D eigenvalue weighted by Crippen LogP contribution is -2.19. The molecule has 4 aromatic rings. The number of primary amides is 1. The summed E-state index contributed by atoms with van der Waals surface area (Å²) in [6.45, 7) is -0.158. The molecular formula is C22H17ClN4O2. The summed E-state index contributed by atoms with van der Waals surface area (Å²) in [6.07, 6.45) is 0. The van der Waals surface area contributed by atoms with E-state index in [1.807, 2.05) is 60.7 Å². The summed E-state index contributed by atoms with van der Waals surface area (Å²) in [5.41, 5.74) is 7.64. The molecular weight excluding hydrogens is 388 g/mol. The zero-order valence-electron chi connectivity index (χ0n) is 15.3. The van der Waals surface area contributed by atoms with E-state index in [0.29, 0.717) is 16.6 Å². The molecule has 3 aromatic carbocycles. The molecule has 0 unspecified atom stereocenters. The summed E-state index contributed by atoms with van der Waals surface area (Å²) >= 11 is 6.00. The fourth-order valence-corrected chi connectivity index (χ4v) is 3.07. The smallest absolute Gasteiger partial charge is 0.255 e. The van der Waals surface area contributed by atoms with E-state index in [-0.39, 0.29) is 6.61 Å². The highest BCUT2D eigenvalue weighted by molar-refractivity contribution is 6.30. The maximum Gasteiger partial charge on any atom is 0.255 e. The standard InChI is InChI=1S/C22H17ClN4O2/c23-15-7-5-14(6-8-15)21-18-3-1-2-4-19(18)22(27-26-21)25-16-9-11-17(12-10-16)29-13-20(24)28/h1-12H,13H2,(H2,24,28)(H,25,27). The van der Waals surface area contributed by atoms with Gasteiger partial charge >= 0.3 is 0 Å². The highest BCUT2D eigenvalue weighted by atomic mass is 35.5. The molecule has 6 nitrogen and oxygen atoms in total. The molecule has 29 heavy (non-hydrogen) atoms. The lowest BCUT2D eigenvalue weighted by atomic mass is 10.0. The van der Waals surface area contributed by atoms with Crippen LogP contribution in [0.5, 0.6) is 5.75 Å². The first-order valence-corrected chi connectivity index (χ1v) is 9.27. The van der Waals surface area contributed by atoms with Crippen molar-refractivity contribution in [1.29, 1.82) is 0 Å². The Morgan fingerprint density at radius 2 is 1.62 bits per heavy atom. The van der Waals surface area contributed by atoms with E-state index in [4.69, 9.17) is 22.1 Å². The van der Waals surface area contributed by atoms with E-state index < -0.39 is 5.91 Å². The fourth-order valence-electron chi connectivity index (χ4n) is 2.94. The van der Waals surface area contributed by atoms with Gasteiger partial charge in [-0.15, -0.1) is 10.2 Å². The van der Waals surface area contributed by atoms with Gasteiger partial charge in [-0.05, 0) is 36.4 Å². The third-order valence-corrected chi connectivity index (χ3v) is 4.56. The van der Waals surface area contributed by atoms with Gasteiger partial charge in [-0.25, -0.2) is 0 Å². The van der Waals surface area contributed by atoms with Gasteiger partial charge in [0.15, 0.2) is 12.4 Å². The number of hydrogen-bond donors (Lipinski definition) is 2. The number of hydrogen-bond acceptors (Lipinski definition) is 5. The molecule has 1 heterocycles. The molecule has 1 aromatic heterocycles. The third-order valence-electron chi connectivity index (χ3n) is 4.30. The second kappa shape index (κ2) is 8.16. The van der Waals surface area contributed by atoms with Gasteiger partial charge in [0.2, 0.25) is 0 Å². The first-order valence-electron chi connectivity index (χ1n) is 8.90. The summed E-state index contributed by atoms with van der Waals surface area (Å²) in [5, 5.41) is 14.7. The Morgan fingerprint density at radius 1 is 0.931 bits per heavy atom. The maximum atomic E-state index is 10.8. The van der Waals surface area contributed by atoms with Crippen LogP contribution in [0, 0.1) is 0 Å². The number of carbonyl (C=O) groups is 1. The molecule has 0 aliphatic heterocycles. The number of rotatable bonds is 6. The first-order chi connectivity index (χ1) is 14.1. The van der Waals surface area contributed by atoms with Gasteiger partial charge < -0.3 is 15.8 Å². The van der Waals surface area contributed by atoms with Crippen molar-refractivity contribution >= 4 is 39.8 Å². The maximum absolute atomic E-state index is 10.8. The van der Waals surface area contributed by atoms with Crippen LogP contribution < -0.4 is 15.8 Å². The van der Waals surface area contributed by atoms with Gasteiger partial charge in [-0.1, -0.05) is 48.0 Å². The molecule has 3 N–H and O–H groups in total. The minimum absolute atomic E-state index is 0.158. The molecule has 0 aliphatic rings. The summed E-state index contributed by atoms with van der Waals surface area (Å²) in [4.78, 5) is 10.8. The van der Waals surface area contributed by atoms with E-state index in [9.17, 15) is 4.79 Å². The van der Waals surface area contributed by atoms with Crippen molar-refractivity contribution in [3.63, 3.8) is 0 Å². The van der Waals surface area contributed by atoms with Crippen molar-refractivity contribution < 1.29 is 9.53 Å². The van der Waals surface area contributed by atoms with E-state index in [1.54, 1.807) is 12.1 Å². The molecule has 0 aliphatic carbocycles. The van der Waals surface area contributed by atoms with Gasteiger partial charge in [0.1, 0.15) is 11.4 Å². The van der Waals surface area contributed by atoms with Crippen LogP contribution in [-0.4, -0.2) is 22.7 Å². The first kappa shape index (κ1) is 18.7. The Kier molecular flexibility index (Phi) is 5.27. The Bertz CT molecular complexity index is 1160. The van der Waals surface area contributed by atoms with Gasteiger partial charge in [-0.2, -0.15) is 0 Å². The van der Waals surface area contributed by atoms with Crippen molar-refractivity contribution in [2.75, 3.05) is 11.9 Å². The van der Waals surface area contributed by atoms with Crippen LogP contribution in [0.2, 0.25) is 5.02 Å². The lowest BCUT2D eigenvalue weighted by Gasteiger charge is -2.12. The molecule has 1 amide bonds. The predicted octanol–water partition coefficient (Wildman–Crippen LogP) is 4.56. The minimum Gasteiger partial charge on any atom is -0.484 e. The van der Waals surface area contributed by atoms with Crippen LogP contribution in [0.15, 0.2) is 72.8 Å². The largest absolute Gasteiger partial charge is 0.484 e. The topological polar surface area (TPSA) is 90.1 Å². The van der Waals surface area contributed by atoms with Crippen LogP contribution in [0.1, 0.15) is 0 Å². The molecule has 0 radical (unpaired) electrons. The van der Waals surface area contributed by atoms with E-state index in [1.165, 1.54) is 0 Å². The number of amides is 1. The molecule has 0 fully saturated rings. The normalized spacial score (nSPS) is 10.7. The summed E-state index contributed by atoms with van der Waals surface area (Å²) in [7, 11) is 0. The number of nitrogens with one attached hydrogen (secondary N) is 1. The molecule has 4 rings (SSSR count). The van der Waals surface area contributed by atoms with Crippen molar-refractivity contribution in [3.8, 4) is 17.0 Å². The summed E-state index contributed by atoms with van der Waals surface area (Å²) < 4.78 is 5.28. The van der Waals surface area contributed by atoms with Crippen LogP contribution >= 0.6 is 11.6 Å². The Hall–Kier alpha value is -3.64. The van der Waals surface area contributed by atoms with Crippen LogP contribution in [0.3, 0.4) is 0 Å². The highest BCUT2D eigenvalue weighted by Gasteiger charge is 2.11. The number of nitrogens with two attached hydrogens (primary N) is 1. The predicted molar refractivity (Wildman–Crippen MR) is 114 cm³/mol. The number of halogens is 1. The quantitative estimate of drug-likeness (QED) is 0.491. The Balaban J connectivity index is 1.64. The zero-order chi connectivity index (χ0) is 20.2. The molecule has 0 bridgehead atoms. The number of fused-ring (bicyclic) bond motifs is 1. The second-order valence-electron chi connectivity index (χ2n) is 6.35. The van der Waals surface area contributed by atoms with Gasteiger partial charge in [-0.3, -0.25) is 4.79 Å². The molecule has 144 valence electrons.